The van der Waals surface area contributed by atoms with Gasteiger partial charge in [-0.3, -0.25) is 0 Å². The molecule has 0 aliphatic heterocycles. The summed E-state index contributed by atoms with van der Waals surface area (Å²) in [4.78, 5) is 10.8. The Kier molecular flexibility index (Phi) is 11.0. The Balaban J connectivity index is 0.000000914. The summed E-state index contributed by atoms with van der Waals surface area (Å²) in [5.74, 6) is 1.61. The minimum absolute atomic E-state index is 0. The minimum Gasteiger partial charge on any atom is -0.358 e. The Morgan fingerprint density at radius 3 is 2.18 bits per heavy atom. The van der Waals surface area contributed by atoms with Crippen molar-refractivity contribution < 1.29 is 30.0 Å². The fourth-order valence-corrected chi connectivity index (χ4v) is 3.45. The zero-order valence-electron chi connectivity index (χ0n) is 18.6. The first-order valence-corrected chi connectivity index (χ1v) is 13.0. The van der Waals surface area contributed by atoms with Crippen molar-refractivity contribution in [3.8, 4) is 34.0 Å². The van der Waals surface area contributed by atoms with Crippen LogP contribution < -0.4 is 4.74 Å². The van der Waals surface area contributed by atoms with Gasteiger partial charge in [0.2, 0.25) is 0 Å². The number of para-hydroxylation sites is 1. The molecule has 0 spiro atoms. The Bertz CT molecular complexity index is 1160. The molecule has 0 aliphatic carbocycles. The number of benzene rings is 3. The molecule has 0 saturated heterocycles. The van der Waals surface area contributed by atoms with Crippen LogP contribution in [-0.2, 0) is 31.8 Å². The molecule has 0 unspecified atom stereocenters. The van der Waals surface area contributed by atoms with Gasteiger partial charge in [0.1, 0.15) is 17.8 Å². The largest absolute Gasteiger partial charge is 0.358 e. The molecule has 0 bridgehead atoms. The summed E-state index contributed by atoms with van der Waals surface area (Å²) in [5, 5.41) is 3.07. The second-order valence-corrected chi connectivity index (χ2v) is 7.63. The molecular formula is C28H27NO3Os. The quantitative estimate of drug-likeness (QED) is 0.126. The molecule has 0 fully saturated rings. The van der Waals surface area contributed by atoms with Crippen molar-refractivity contribution in [2.45, 2.75) is 19.4 Å². The molecule has 1 aromatic heterocycles. The standard InChI is InChI=1S/C26H22NO2.CH3.CH2.O.Os/c28-19-8-7-18-27-25(21-10-3-1-4-11-21)16-17-26(27)22-12-9-15-24(20-22)29-23-13-5-2-6-14-23;;;;/h2-6,9-17,19-20H,7-8,18H2;1H3;1H2;;/q2*-1;;;+2. The molecule has 0 atom stereocenters. The molecule has 3 aromatic carbocycles. The van der Waals surface area contributed by atoms with E-state index >= 15 is 0 Å². The predicted molar refractivity (Wildman–Crippen MR) is 130 cm³/mol. The van der Waals surface area contributed by atoms with Crippen molar-refractivity contribution in [3.63, 3.8) is 0 Å². The smallest absolute Gasteiger partial charge is 0.358 e. The average molecular weight is 616 g/mol. The third kappa shape index (κ3) is 7.38. The number of aldehydes is 1. The van der Waals surface area contributed by atoms with Crippen molar-refractivity contribution in [1.29, 1.82) is 0 Å². The van der Waals surface area contributed by atoms with Crippen molar-refractivity contribution in [3.05, 3.63) is 104 Å². The topological polar surface area (TPSA) is 48.3 Å². The summed E-state index contributed by atoms with van der Waals surface area (Å²) in [5.41, 5.74) is 4.46. The predicted octanol–water partition coefficient (Wildman–Crippen LogP) is 6.69. The molecule has 0 amide bonds. The van der Waals surface area contributed by atoms with E-state index < -0.39 is 16.9 Å². The van der Waals surface area contributed by atoms with Gasteiger partial charge in [0, 0.05) is 29.9 Å². The van der Waals surface area contributed by atoms with Gasteiger partial charge in [-0.25, -0.2) is 0 Å². The van der Waals surface area contributed by atoms with Gasteiger partial charge in [-0.1, -0.05) is 30.3 Å². The maximum atomic E-state index is 10.8. The van der Waals surface area contributed by atoms with Gasteiger partial charge in [-0.2, -0.15) is 30.3 Å². The Hall–Kier alpha value is -3.28. The molecule has 4 nitrogen and oxygen atoms in total. The minimum atomic E-state index is -1.08. The van der Waals surface area contributed by atoms with Gasteiger partial charge in [0.05, 0.1) is 0 Å². The van der Waals surface area contributed by atoms with Gasteiger partial charge < -0.3 is 21.5 Å². The van der Waals surface area contributed by atoms with Gasteiger partial charge >= 0.3 is 25.5 Å². The first-order chi connectivity index (χ1) is 15.8. The molecule has 0 aliphatic rings. The molecule has 5 heteroatoms. The summed E-state index contributed by atoms with van der Waals surface area (Å²) >= 11 is -1.08. The van der Waals surface area contributed by atoms with Crippen LogP contribution in [0.3, 0.4) is 0 Å². The van der Waals surface area contributed by atoms with Crippen LogP contribution in [0.15, 0.2) is 91.0 Å². The maximum absolute atomic E-state index is 10.8. The zero-order chi connectivity index (χ0) is 22.6. The van der Waals surface area contributed by atoms with Gasteiger partial charge in [-0.05, 0) is 42.8 Å². The van der Waals surface area contributed by atoms with Crippen LogP contribution in [0.2, 0.25) is 0 Å². The molecular weight excluding hydrogens is 589 g/mol. The molecule has 0 radical (unpaired) electrons. The van der Waals surface area contributed by atoms with Crippen LogP contribution in [-0.4, -0.2) is 15.9 Å². The summed E-state index contributed by atoms with van der Waals surface area (Å²) in [6.07, 6.45) is 2.34. The number of carbonyl (C=O) groups is 1. The Labute approximate surface area is 203 Å². The summed E-state index contributed by atoms with van der Waals surface area (Å²) < 4.78 is 17.2. The van der Waals surface area contributed by atoms with E-state index in [4.69, 9.17) is 8.28 Å². The van der Waals surface area contributed by atoms with Crippen LogP contribution in [0, 0.1) is 13.5 Å². The fraction of sp³-hybridized carbons (Fsp3) is 0.107. The molecule has 4 rings (SSSR count). The molecule has 0 N–H and O–H groups in total. The van der Waals surface area contributed by atoms with Gasteiger partial charge in [-0.15, -0.1) is 5.56 Å². The second-order valence-electron chi connectivity index (χ2n) is 6.90. The molecule has 0 saturated carbocycles. The van der Waals surface area contributed by atoms with Crippen LogP contribution in [0.25, 0.3) is 22.5 Å². The zero-order valence-corrected chi connectivity index (χ0v) is 21.1. The van der Waals surface area contributed by atoms with Crippen molar-refractivity contribution in [1.82, 2.24) is 4.57 Å². The fourth-order valence-electron chi connectivity index (χ4n) is 3.45. The van der Waals surface area contributed by atoms with Gasteiger partial charge in [0.15, 0.2) is 0 Å². The number of hydrogen-bond acceptors (Lipinski definition) is 3. The SMILES string of the molecule is O=CCCCn1c(-c2cc[c-]cc2)ccc1-c1cccc(Oc2ccccc2)c1.[CH2]=[Os+2]=[O].[CH3-]. The normalized spacial score (nSPS) is 9.70. The maximum Gasteiger partial charge on any atom is -0.358 e. The number of carbonyl (C=O) groups excluding carboxylic acids is 1. The van der Waals surface area contributed by atoms with Crippen molar-refractivity contribution >= 4 is 11.4 Å². The number of ether oxygens (including phenoxy) is 1. The number of hydrogen-bond donors (Lipinski definition) is 0. The van der Waals surface area contributed by atoms with Crippen LogP contribution in [0.1, 0.15) is 12.8 Å². The van der Waals surface area contributed by atoms with Crippen molar-refractivity contribution in [2.75, 3.05) is 0 Å². The third-order valence-corrected chi connectivity index (χ3v) is 4.81. The monoisotopic (exact) mass is 617 g/mol. The summed E-state index contributed by atoms with van der Waals surface area (Å²) in [6.45, 7) is 0.777. The van der Waals surface area contributed by atoms with Crippen LogP contribution >= 0.6 is 0 Å². The number of rotatable bonds is 8. The third-order valence-electron chi connectivity index (χ3n) is 4.81. The van der Waals surface area contributed by atoms with E-state index in [-0.39, 0.29) is 7.43 Å². The number of aromatic nitrogens is 1. The van der Waals surface area contributed by atoms with E-state index in [0.29, 0.717) is 6.42 Å². The molecule has 170 valence electrons. The van der Waals surface area contributed by atoms with E-state index in [1.807, 2.05) is 54.6 Å². The van der Waals surface area contributed by atoms with E-state index in [2.05, 4.69) is 52.1 Å². The van der Waals surface area contributed by atoms with E-state index in [1.54, 1.807) is 0 Å². The van der Waals surface area contributed by atoms with Crippen LogP contribution in [0.4, 0.5) is 0 Å². The molecule has 4 aromatic rings. The van der Waals surface area contributed by atoms with E-state index in [0.717, 1.165) is 53.3 Å². The van der Waals surface area contributed by atoms with Crippen molar-refractivity contribution in [2.24, 2.45) is 0 Å². The first-order valence-electron chi connectivity index (χ1n) is 10.2. The summed E-state index contributed by atoms with van der Waals surface area (Å²) in [7, 11) is 0. The van der Waals surface area contributed by atoms with E-state index in [9.17, 15) is 4.79 Å². The Morgan fingerprint density at radius 2 is 1.52 bits per heavy atom. The number of nitrogens with zero attached hydrogens (tertiary/aromatic N) is 1. The van der Waals surface area contributed by atoms with E-state index in [1.165, 1.54) is 0 Å². The Morgan fingerprint density at radius 1 is 0.879 bits per heavy atom. The number of unbranched alkanes of at least 4 members (excludes halogenated alkanes) is 1. The molecule has 33 heavy (non-hydrogen) atoms. The second kappa shape index (κ2) is 14.0. The van der Waals surface area contributed by atoms with Gasteiger partial charge in [0.25, 0.3) is 0 Å². The molecule has 1 heterocycles. The average Bonchev–Trinajstić information content (AvgIpc) is 3.25. The summed E-state index contributed by atoms with van der Waals surface area (Å²) in [6, 6.07) is 33.2. The van der Waals surface area contributed by atoms with Crippen LogP contribution in [0.5, 0.6) is 11.5 Å². The first kappa shape index (κ1) is 26.0.